The summed E-state index contributed by atoms with van der Waals surface area (Å²) in [7, 11) is 1.83. The average Bonchev–Trinajstić information content (AvgIpc) is 2.81. The summed E-state index contributed by atoms with van der Waals surface area (Å²) in [4.78, 5) is 0. The summed E-state index contributed by atoms with van der Waals surface area (Å²) in [5.74, 6) is 0.381. The van der Waals surface area contributed by atoms with Gasteiger partial charge in [0, 0.05) is 0 Å². The van der Waals surface area contributed by atoms with Crippen LogP contribution in [0.3, 0.4) is 0 Å². The third-order valence-corrected chi connectivity index (χ3v) is 3.39. The van der Waals surface area contributed by atoms with Crippen molar-refractivity contribution in [3.8, 4) is 5.69 Å². The molecular weight excluding hydrogens is 301 g/mol. The van der Waals surface area contributed by atoms with Gasteiger partial charge in [-0.25, -0.2) is 4.39 Å². The molecule has 2 rings (SSSR count). The van der Waals surface area contributed by atoms with E-state index in [4.69, 9.17) is 0 Å². The van der Waals surface area contributed by atoms with Gasteiger partial charge < -0.3 is 5.32 Å². The van der Waals surface area contributed by atoms with E-state index in [-0.39, 0.29) is 11.9 Å². The zero-order chi connectivity index (χ0) is 13.3. The Hall–Kier alpha value is -1.34. The Morgan fingerprint density at radius 2 is 2.17 bits per heavy atom. The molecule has 0 saturated heterocycles. The summed E-state index contributed by atoms with van der Waals surface area (Å²) in [5, 5.41) is 14.7. The van der Waals surface area contributed by atoms with E-state index in [9.17, 15) is 4.39 Å². The second-order valence-corrected chi connectivity index (χ2v) is 4.87. The molecule has 1 heterocycles. The Morgan fingerprint density at radius 3 is 2.83 bits per heavy atom. The van der Waals surface area contributed by atoms with E-state index < -0.39 is 0 Å². The topological polar surface area (TPSA) is 55.6 Å². The molecule has 0 aliphatic heterocycles. The molecule has 0 radical (unpaired) electrons. The first-order valence-corrected chi connectivity index (χ1v) is 6.25. The first-order valence-electron chi connectivity index (χ1n) is 5.46. The van der Waals surface area contributed by atoms with Gasteiger partial charge in [0.25, 0.3) is 0 Å². The van der Waals surface area contributed by atoms with Crippen LogP contribution in [-0.4, -0.2) is 27.3 Å². The van der Waals surface area contributed by atoms with Crippen LogP contribution in [0.15, 0.2) is 16.6 Å². The number of rotatable bonds is 3. The first-order chi connectivity index (χ1) is 8.54. The van der Waals surface area contributed by atoms with Gasteiger partial charge in [0.05, 0.1) is 16.2 Å². The van der Waals surface area contributed by atoms with E-state index in [2.05, 4.69) is 36.8 Å². The molecule has 1 N–H and O–H groups in total. The molecular formula is C11H13BrFN5. The number of nitrogens with zero attached hydrogens (tertiary/aromatic N) is 4. The molecule has 18 heavy (non-hydrogen) atoms. The maximum absolute atomic E-state index is 13.4. The van der Waals surface area contributed by atoms with Crippen molar-refractivity contribution in [2.45, 2.75) is 19.9 Å². The van der Waals surface area contributed by atoms with E-state index >= 15 is 0 Å². The molecule has 2 aromatic rings. The average molecular weight is 314 g/mol. The van der Waals surface area contributed by atoms with E-state index in [0.717, 1.165) is 11.3 Å². The lowest BCUT2D eigenvalue weighted by Crippen LogP contribution is -2.18. The van der Waals surface area contributed by atoms with Crippen LogP contribution in [0, 0.1) is 12.7 Å². The maximum Gasteiger partial charge on any atom is 0.173 e. The van der Waals surface area contributed by atoms with Gasteiger partial charge in [-0.2, -0.15) is 4.68 Å². The molecule has 1 aromatic carbocycles. The number of nitrogens with one attached hydrogen (secondary N) is 1. The highest BCUT2D eigenvalue weighted by atomic mass is 79.9. The van der Waals surface area contributed by atoms with Crippen molar-refractivity contribution in [2.75, 3.05) is 7.05 Å². The molecule has 5 nitrogen and oxygen atoms in total. The van der Waals surface area contributed by atoms with Gasteiger partial charge in [0.1, 0.15) is 5.82 Å². The predicted molar refractivity (Wildman–Crippen MR) is 69.0 cm³/mol. The van der Waals surface area contributed by atoms with Crippen molar-refractivity contribution >= 4 is 15.9 Å². The fraction of sp³-hybridized carbons (Fsp3) is 0.364. The second-order valence-electron chi connectivity index (χ2n) is 4.01. The van der Waals surface area contributed by atoms with Crippen LogP contribution in [0.25, 0.3) is 5.69 Å². The second kappa shape index (κ2) is 5.11. The summed E-state index contributed by atoms with van der Waals surface area (Å²) in [5.41, 5.74) is 1.53. The van der Waals surface area contributed by atoms with Gasteiger partial charge in [0.15, 0.2) is 5.82 Å². The molecule has 0 amide bonds. The number of halogens is 2. The number of tetrazole rings is 1. The van der Waals surface area contributed by atoms with Gasteiger partial charge in [-0.05, 0) is 64.9 Å². The fourth-order valence-corrected chi connectivity index (χ4v) is 1.96. The molecule has 1 aromatic heterocycles. The Labute approximate surface area is 113 Å². The number of aromatic nitrogens is 4. The molecule has 7 heteroatoms. The van der Waals surface area contributed by atoms with Crippen molar-refractivity contribution in [2.24, 2.45) is 0 Å². The molecule has 0 saturated carbocycles. The summed E-state index contributed by atoms with van der Waals surface area (Å²) < 4.78 is 15.4. The molecule has 0 fully saturated rings. The molecule has 0 aliphatic rings. The van der Waals surface area contributed by atoms with Crippen LogP contribution in [-0.2, 0) is 0 Å². The largest absolute Gasteiger partial charge is 0.311 e. The lowest BCUT2D eigenvalue weighted by Gasteiger charge is -2.12. The summed E-state index contributed by atoms with van der Waals surface area (Å²) >= 11 is 3.17. The van der Waals surface area contributed by atoms with E-state index in [1.807, 2.05) is 20.9 Å². The highest BCUT2D eigenvalue weighted by Gasteiger charge is 2.16. The molecule has 0 spiro atoms. The van der Waals surface area contributed by atoms with Crippen LogP contribution in [0.4, 0.5) is 4.39 Å². The van der Waals surface area contributed by atoms with Crippen LogP contribution in [0.2, 0.25) is 0 Å². The minimum Gasteiger partial charge on any atom is -0.311 e. The highest BCUT2D eigenvalue weighted by molar-refractivity contribution is 9.10. The monoisotopic (exact) mass is 313 g/mol. The SMILES string of the molecule is CNC(C)c1nnnn1-c1cc(Br)c(F)cc1C. The fourth-order valence-electron chi connectivity index (χ4n) is 1.63. The van der Waals surface area contributed by atoms with Gasteiger partial charge in [-0.1, -0.05) is 0 Å². The standard InChI is InChI=1S/C11H13BrFN5/c1-6-4-9(13)8(12)5-10(6)18-11(7(2)14-3)15-16-17-18/h4-5,7,14H,1-3H3. The molecule has 96 valence electrons. The molecule has 0 aliphatic carbocycles. The zero-order valence-corrected chi connectivity index (χ0v) is 11.9. The summed E-state index contributed by atoms with van der Waals surface area (Å²) in [6.45, 7) is 3.77. The number of benzene rings is 1. The van der Waals surface area contributed by atoms with Gasteiger partial charge in [0.2, 0.25) is 0 Å². The van der Waals surface area contributed by atoms with Gasteiger partial charge in [-0.15, -0.1) is 5.10 Å². The van der Waals surface area contributed by atoms with E-state index in [1.165, 1.54) is 6.07 Å². The maximum atomic E-state index is 13.4. The first kappa shape index (κ1) is 13.1. The molecule has 1 unspecified atom stereocenters. The number of hydrogen-bond donors (Lipinski definition) is 1. The number of aryl methyl sites for hydroxylation is 1. The Kier molecular flexibility index (Phi) is 3.72. The van der Waals surface area contributed by atoms with Crippen LogP contribution >= 0.6 is 15.9 Å². The minimum absolute atomic E-state index is 0.00299. The lowest BCUT2D eigenvalue weighted by atomic mass is 10.2. The van der Waals surface area contributed by atoms with Crippen LogP contribution < -0.4 is 5.32 Å². The minimum atomic E-state index is -0.299. The third-order valence-electron chi connectivity index (χ3n) is 2.78. The Morgan fingerprint density at radius 1 is 1.44 bits per heavy atom. The van der Waals surface area contributed by atoms with Crippen molar-refractivity contribution in [3.63, 3.8) is 0 Å². The quantitative estimate of drug-likeness (QED) is 0.943. The molecule has 1 atom stereocenters. The number of hydrogen-bond acceptors (Lipinski definition) is 4. The zero-order valence-electron chi connectivity index (χ0n) is 10.3. The Balaban J connectivity index is 2.56. The van der Waals surface area contributed by atoms with Crippen molar-refractivity contribution in [3.05, 3.63) is 33.8 Å². The van der Waals surface area contributed by atoms with E-state index in [0.29, 0.717) is 10.3 Å². The van der Waals surface area contributed by atoms with Gasteiger partial charge >= 0.3 is 0 Å². The smallest absolute Gasteiger partial charge is 0.173 e. The summed E-state index contributed by atoms with van der Waals surface area (Å²) in [6.07, 6.45) is 0. The predicted octanol–water partition coefficient (Wildman–Crippen LogP) is 2.15. The lowest BCUT2D eigenvalue weighted by molar-refractivity contribution is 0.586. The van der Waals surface area contributed by atoms with E-state index in [1.54, 1.807) is 10.7 Å². The summed E-state index contributed by atoms with van der Waals surface area (Å²) in [6, 6.07) is 3.13. The molecule has 0 bridgehead atoms. The van der Waals surface area contributed by atoms with Crippen molar-refractivity contribution < 1.29 is 4.39 Å². The van der Waals surface area contributed by atoms with Crippen LogP contribution in [0.1, 0.15) is 24.4 Å². The highest BCUT2D eigenvalue weighted by Crippen LogP contribution is 2.24. The van der Waals surface area contributed by atoms with Crippen LogP contribution in [0.5, 0.6) is 0 Å². The van der Waals surface area contributed by atoms with Crippen molar-refractivity contribution in [1.82, 2.24) is 25.5 Å². The Bertz CT molecular complexity index is 569. The van der Waals surface area contributed by atoms with Crippen molar-refractivity contribution in [1.29, 1.82) is 0 Å². The third kappa shape index (κ3) is 2.28. The van der Waals surface area contributed by atoms with Gasteiger partial charge in [-0.3, -0.25) is 0 Å². The normalized spacial score (nSPS) is 12.7.